The highest BCUT2D eigenvalue weighted by atomic mass is 35.5. The summed E-state index contributed by atoms with van der Waals surface area (Å²) in [5.74, 6) is 0.295. The number of aromatic carboxylic acids is 1. The van der Waals surface area contributed by atoms with Gasteiger partial charge in [-0.1, -0.05) is 11.6 Å². The number of rotatable bonds is 6. The van der Waals surface area contributed by atoms with Crippen molar-refractivity contribution < 1.29 is 9.90 Å². The van der Waals surface area contributed by atoms with Crippen LogP contribution < -0.4 is 16.2 Å². The first kappa shape index (κ1) is 19.8. The smallest absolute Gasteiger partial charge is 0.337 e. The fourth-order valence-corrected chi connectivity index (χ4v) is 3.58. The molecule has 154 valence electrons. The Labute approximate surface area is 176 Å². The molecule has 3 heterocycles. The molecule has 30 heavy (non-hydrogen) atoms. The third kappa shape index (κ3) is 4.57. The van der Waals surface area contributed by atoms with E-state index in [1.807, 2.05) is 0 Å². The molecule has 0 spiro atoms. The number of nitrogens with one attached hydrogen (secondary N) is 2. The summed E-state index contributed by atoms with van der Waals surface area (Å²) in [5.41, 5.74) is 0.213. The highest BCUT2D eigenvalue weighted by molar-refractivity contribution is 6.29. The van der Waals surface area contributed by atoms with Gasteiger partial charge >= 0.3 is 5.97 Å². The van der Waals surface area contributed by atoms with E-state index < -0.39 is 5.97 Å². The molecule has 1 aliphatic carbocycles. The SMILES string of the molecule is O=C(O)c1ccc(=O)n(-c2ccc(N[C@H]3CC[C@H](Nc4cnc(Cl)cn4)C3)nc2)c1. The maximum atomic E-state index is 12.1. The maximum absolute atomic E-state index is 12.1. The van der Waals surface area contributed by atoms with E-state index in [2.05, 4.69) is 25.6 Å². The van der Waals surface area contributed by atoms with E-state index >= 15 is 0 Å². The van der Waals surface area contributed by atoms with Crippen molar-refractivity contribution in [3.63, 3.8) is 0 Å². The molecule has 1 saturated carbocycles. The van der Waals surface area contributed by atoms with Crippen LogP contribution in [-0.4, -0.2) is 42.7 Å². The Hall–Kier alpha value is -3.46. The van der Waals surface area contributed by atoms with Crippen LogP contribution in [0.5, 0.6) is 0 Å². The second-order valence-electron chi connectivity index (χ2n) is 7.05. The van der Waals surface area contributed by atoms with E-state index in [1.165, 1.54) is 29.1 Å². The number of nitrogens with zero attached hydrogens (tertiary/aromatic N) is 4. The highest BCUT2D eigenvalue weighted by Crippen LogP contribution is 2.25. The number of pyridine rings is 2. The summed E-state index contributed by atoms with van der Waals surface area (Å²) >= 11 is 5.76. The summed E-state index contributed by atoms with van der Waals surface area (Å²) < 4.78 is 1.27. The lowest BCUT2D eigenvalue weighted by Crippen LogP contribution is -2.22. The van der Waals surface area contributed by atoms with Crippen LogP contribution in [0.3, 0.4) is 0 Å². The summed E-state index contributed by atoms with van der Waals surface area (Å²) in [6, 6.07) is 6.54. The van der Waals surface area contributed by atoms with E-state index in [1.54, 1.807) is 24.5 Å². The summed E-state index contributed by atoms with van der Waals surface area (Å²) in [6.07, 6.45) is 8.82. The fraction of sp³-hybridized carbons (Fsp3) is 0.250. The first-order valence-corrected chi connectivity index (χ1v) is 9.79. The molecule has 2 atom stereocenters. The molecule has 10 heteroatoms. The van der Waals surface area contributed by atoms with Crippen LogP contribution in [0.25, 0.3) is 5.69 Å². The van der Waals surface area contributed by atoms with Gasteiger partial charge in [-0.15, -0.1) is 0 Å². The van der Waals surface area contributed by atoms with Crippen LogP contribution in [0, 0.1) is 0 Å². The maximum Gasteiger partial charge on any atom is 0.337 e. The average Bonchev–Trinajstić information content (AvgIpc) is 3.17. The second kappa shape index (κ2) is 8.50. The van der Waals surface area contributed by atoms with E-state index in [0.29, 0.717) is 22.5 Å². The molecule has 0 aliphatic heterocycles. The average molecular weight is 427 g/mol. The van der Waals surface area contributed by atoms with Crippen LogP contribution >= 0.6 is 11.6 Å². The molecule has 0 bridgehead atoms. The Balaban J connectivity index is 1.38. The standard InChI is InChI=1S/C20H19ClN6O3/c21-16-9-24-18(10-22-16)26-14-3-2-13(7-14)25-17-5-4-15(8-23-17)27-11-12(20(29)30)1-6-19(27)28/h1,4-6,8-11,13-14H,2-3,7H2,(H,23,25)(H,24,26)(H,29,30)/t13-,14-/m0/s1. The molecule has 0 aromatic carbocycles. The summed E-state index contributed by atoms with van der Waals surface area (Å²) in [7, 11) is 0. The van der Waals surface area contributed by atoms with Gasteiger partial charge in [-0.25, -0.2) is 19.7 Å². The van der Waals surface area contributed by atoms with Gasteiger partial charge in [-0.05, 0) is 37.5 Å². The molecular formula is C20H19ClN6O3. The zero-order chi connectivity index (χ0) is 21.1. The van der Waals surface area contributed by atoms with Crippen molar-refractivity contribution in [1.29, 1.82) is 0 Å². The van der Waals surface area contributed by atoms with Crippen molar-refractivity contribution in [1.82, 2.24) is 19.5 Å². The molecule has 1 aliphatic rings. The molecule has 0 saturated heterocycles. The number of carbonyl (C=O) groups is 1. The largest absolute Gasteiger partial charge is 0.478 e. The summed E-state index contributed by atoms with van der Waals surface area (Å²) in [5, 5.41) is 16.2. The van der Waals surface area contributed by atoms with E-state index in [9.17, 15) is 9.59 Å². The predicted molar refractivity (Wildman–Crippen MR) is 113 cm³/mol. The third-order valence-corrected chi connectivity index (χ3v) is 5.14. The Kier molecular flexibility index (Phi) is 5.62. The van der Waals surface area contributed by atoms with Gasteiger partial charge in [0.2, 0.25) is 0 Å². The minimum atomic E-state index is -1.09. The molecular weight excluding hydrogens is 408 g/mol. The van der Waals surface area contributed by atoms with Crippen LogP contribution in [0.2, 0.25) is 5.15 Å². The molecule has 0 radical (unpaired) electrons. The van der Waals surface area contributed by atoms with Crippen molar-refractivity contribution in [3.8, 4) is 5.69 Å². The van der Waals surface area contributed by atoms with Crippen LogP contribution in [-0.2, 0) is 0 Å². The number of hydrogen-bond donors (Lipinski definition) is 3. The van der Waals surface area contributed by atoms with Crippen molar-refractivity contribution in [2.24, 2.45) is 0 Å². The topological polar surface area (TPSA) is 122 Å². The first-order valence-electron chi connectivity index (χ1n) is 9.41. The monoisotopic (exact) mass is 426 g/mol. The van der Waals surface area contributed by atoms with Gasteiger partial charge < -0.3 is 15.7 Å². The quantitative estimate of drug-likeness (QED) is 0.550. The summed E-state index contributed by atoms with van der Waals surface area (Å²) in [4.78, 5) is 35.8. The zero-order valence-corrected chi connectivity index (χ0v) is 16.6. The number of carboxylic acids is 1. The van der Waals surface area contributed by atoms with E-state index in [0.717, 1.165) is 19.3 Å². The fourth-order valence-electron chi connectivity index (χ4n) is 3.48. The molecule has 9 nitrogen and oxygen atoms in total. The van der Waals surface area contributed by atoms with Crippen LogP contribution in [0.15, 0.2) is 53.8 Å². The Morgan fingerprint density at radius 3 is 2.37 bits per heavy atom. The Morgan fingerprint density at radius 1 is 1.00 bits per heavy atom. The van der Waals surface area contributed by atoms with Crippen LogP contribution in [0.1, 0.15) is 29.6 Å². The number of hydrogen-bond acceptors (Lipinski definition) is 7. The Bertz CT molecular complexity index is 1100. The van der Waals surface area contributed by atoms with Gasteiger partial charge in [0.05, 0.1) is 29.8 Å². The number of aromatic nitrogens is 4. The number of halogens is 1. The number of carboxylic acid groups (broad SMARTS) is 1. The van der Waals surface area contributed by atoms with Gasteiger partial charge in [-0.3, -0.25) is 9.36 Å². The van der Waals surface area contributed by atoms with Crippen molar-refractivity contribution in [2.45, 2.75) is 31.3 Å². The Morgan fingerprint density at radius 2 is 1.73 bits per heavy atom. The van der Waals surface area contributed by atoms with E-state index in [4.69, 9.17) is 16.7 Å². The molecule has 4 rings (SSSR count). The predicted octanol–water partition coefficient (Wildman–Crippen LogP) is 2.82. The van der Waals surface area contributed by atoms with E-state index in [-0.39, 0.29) is 23.2 Å². The number of anilines is 2. The zero-order valence-electron chi connectivity index (χ0n) is 15.8. The molecule has 1 fully saturated rings. The van der Waals surface area contributed by atoms with Gasteiger partial charge in [-0.2, -0.15) is 0 Å². The molecule has 3 aromatic rings. The minimum absolute atomic E-state index is 0.0340. The lowest BCUT2D eigenvalue weighted by molar-refractivity contribution is 0.0696. The molecule has 3 aromatic heterocycles. The highest BCUT2D eigenvalue weighted by Gasteiger charge is 2.25. The third-order valence-electron chi connectivity index (χ3n) is 4.94. The van der Waals surface area contributed by atoms with Gasteiger partial charge in [0.1, 0.15) is 16.8 Å². The van der Waals surface area contributed by atoms with Crippen molar-refractivity contribution in [2.75, 3.05) is 10.6 Å². The molecule has 0 unspecified atom stereocenters. The lowest BCUT2D eigenvalue weighted by Gasteiger charge is -2.16. The minimum Gasteiger partial charge on any atom is -0.478 e. The van der Waals surface area contributed by atoms with Gasteiger partial charge in [0, 0.05) is 24.3 Å². The van der Waals surface area contributed by atoms with Gasteiger partial charge in [0.15, 0.2) is 0 Å². The van der Waals surface area contributed by atoms with Crippen LogP contribution in [0.4, 0.5) is 11.6 Å². The molecule has 3 N–H and O–H groups in total. The molecule has 0 amide bonds. The lowest BCUT2D eigenvalue weighted by atomic mass is 10.2. The first-order chi connectivity index (χ1) is 14.5. The summed E-state index contributed by atoms with van der Waals surface area (Å²) in [6.45, 7) is 0. The normalized spacial score (nSPS) is 18.2. The van der Waals surface area contributed by atoms with Crippen molar-refractivity contribution >= 4 is 29.2 Å². The van der Waals surface area contributed by atoms with Crippen molar-refractivity contribution in [3.05, 3.63) is 70.1 Å². The second-order valence-corrected chi connectivity index (χ2v) is 7.44. The van der Waals surface area contributed by atoms with Gasteiger partial charge in [0.25, 0.3) is 5.56 Å².